The van der Waals surface area contributed by atoms with E-state index in [-0.39, 0.29) is 35.9 Å². The number of halogens is 1. The lowest BCUT2D eigenvalue weighted by Crippen LogP contribution is -2.39. The highest BCUT2D eigenvalue weighted by molar-refractivity contribution is 7.87. The van der Waals surface area contributed by atoms with Crippen molar-refractivity contribution in [2.45, 2.75) is 38.3 Å². The number of esters is 1. The highest BCUT2D eigenvalue weighted by Crippen LogP contribution is 2.21. The van der Waals surface area contributed by atoms with Gasteiger partial charge in [-0.15, -0.1) is 0 Å². The highest BCUT2D eigenvalue weighted by atomic mass is 32.2. The first-order chi connectivity index (χ1) is 17.1. The van der Waals surface area contributed by atoms with Crippen molar-refractivity contribution < 1.29 is 31.3 Å². The molecule has 0 saturated heterocycles. The van der Waals surface area contributed by atoms with Gasteiger partial charge in [0.15, 0.2) is 0 Å². The molecule has 0 unspecified atom stereocenters. The molecule has 0 heterocycles. The van der Waals surface area contributed by atoms with Gasteiger partial charge >= 0.3 is 22.1 Å². The molecule has 1 N–H and O–H groups in total. The number of carbonyl (C=O) groups excluding carboxylic acids is 2. The fraction of sp³-hybridized carbons (Fsp3) is 0.231. The van der Waals surface area contributed by atoms with Gasteiger partial charge in [0.2, 0.25) is 0 Å². The molecule has 0 fully saturated rings. The zero-order valence-electron chi connectivity index (χ0n) is 20.1. The summed E-state index contributed by atoms with van der Waals surface area (Å²) in [6.45, 7) is 6.00. The van der Waals surface area contributed by atoms with Crippen LogP contribution in [0.4, 0.5) is 14.9 Å². The van der Waals surface area contributed by atoms with E-state index in [1.807, 2.05) is 13.8 Å². The number of benzene rings is 3. The lowest BCUT2D eigenvalue weighted by molar-refractivity contribution is 0.0526. The first-order valence-electron chi connectivity index (χ1n) is 11.2. The largest absolute Gasteiger partial charge is 0.462 e. The van der Waals surface area contributed by atoms with Gasteiger partial charge in [-0.1, -0.05) is 12.1 Å². The van der Waals surface area contributed by atoms with Crippen LogP contribution in [0.1, 0.15) is 36.7 Å². The Bertz CT molecular complexity index is 1290. The summed E-state index contributed by atoms with van der Waals surface area (Å²) in [6, 6.07) is 16.5. The summed E-state index contributed by atoms with van der Waals surface area (Å²) in [5.41, 5.74) is 1.66. The molecule has 36 heavy (non-hydrogen) atoms. The minimum atomic E-state index is -4.11. The van der Waals surface area contributed by atoms with E-state index in [1.54, 1.807) is 48.2 Å². The van der Waals surface area contributed by atoms with Gasteiger partial charge < -0.3 is 19.1 Å². The Hall–Kier alpha value is -3.92. The third kappa shape index (κ3) is 7.05. The van der Waals surface area contributed by atoms with Crippen LogP contribution in [0.2, 0.25) is 0 Å². The Morgan fingerprint density at radius 2 is 1.56 bits per heavy atom. The minimum Gasteiger partial charge on any atom is -0.462 e. The molecule has 0 aliphatic rings. The van der Waals surface area contributed by atoms with Crippen LogP contribution in [0.3, 0.4) is 0 Å². The molecule has 3 aromatic carbocycles. The second-order valence-electron chi connectivity index (χ2n) is 8.08. The molecule has 0 aliphatic heterocycles. The van der Waals surface area contributed by atoms with Crippen LogP contribution in [0.5, 0.6) is 5.75 Å². The quantitative estimate of drug-likeness (QED) is 0.311. The van der Waals surface area contributed by atoms with Gasteiger partial charge in [0.1, 0.15) is 16.5 Å². The van der Waals surface area contributed by atoms with Crippen molar-refractivity contribution in [2.75, 3.05) is 11.9 Å². The lowest BCUT2D eigenvalue weighted by atomic mass is 10.2. The summed E-state index contributed by atoms with van der Waals surface area (Å²) < 4.78 is 47.9. The number of hydrogen-bond acceptors (Lipinski definition) is 6. The molecule has 10 heteroatoms. The molecular weight excluding hydrogens is 487 g/mol. The monoisotopic (exact) mass is 514 g/mol. The van der Waals surface area contributed by atoms with Crippen LogP contribution in [0, 0.1) is 5.82 Å². The van der Waals surface area contributed by atoms with Gasteiger partial charge in [0.05, 0.1) is 12.2 Å². The molecule has 3 aromatic rings. The van der Waals surface area contributed by atoms with Gasteiger partial charge in [-0.2, -0.15) is 8.42 Å². The third-order valence-electron chi connectivity index (χ3n) is 5.12. The van der Waals surface area contributed by atoms with E-state index in [0.29, 0.717) is 11.3 Å². The van der Waals surface area contributed by atoms with E-state index in [0.717, 1.165) is 29.8 Å². The van der Waals surface area contributed by atoms with E-state index in [2.05, 4.69) is 5.32 Å². The summed E-state index contributed by atoms with van der Waals surface area (Å²) in [4.78, 5) is 26.1. The summed E-state index contributed by atoms with van der Waals surface area (Å²) >= 11 is 0. The summed E-state index contributed by atoms with van der Waals surface area (Å²) in [7, 11) is -4.11. The molecule has 0 bridgehead atoms. The molecule has 0 aliphatic carbocycles. The number of anilines is 1. The normalized spacial score (nSPS) is 11.1. The smallest absolute Gasteiger partial charge is 0.339 e. The predicted octanol–water partition coefficient (Wildman–Crippen LogP) is 5.21. The zero-order chi connectivity index (χ0) is 26.3. The van der Waals surface area contributed by atoms with Crippen molar-refractivity contribution >= 4 is 27.8 Å². The summed E-state index contributed by atoms with van der Waals surface area (Å²) in [5.74, 6) is -0.895. The van der Waals surface area contributed by atoms with Crippen molar-refractivity contribution in [3.63, 3.8) is 0 Å². The van der Waals surface area contributed by atoms with Crippen LogP contribution in [0.25, 0.3) is 0 Å². The van der Waals surface area contributed by atoms with Crippen molar-refractivity contribution in [3.8, 4) is 5.75 Å². The molecule has 0 radical (unpaired) electrons. The molecule has 0 spiro atoms. The topological polar surface area (TPSA) is 102 Å². The van der Waals surface area contributed by atoms with Gasteiger partial charge in [-0.05, 0) is 87.0 Å². The van der Waals surface area contributed by atoms with Crippen molar-refractivity contribution in [3.05, 3.63) is 89.7 Å². The first kappa shape index (κ1) is 26.7. The number of urea groups is 1. The van der Waals surface area contributed by atoms with Crippen LogP contribution in [-0.4, -0.2) is 38.0 Å². The second-order valence-corrected chi connectivity index (χ2v) is 9.63. The maximum Gasteiger partial charge on any atom is 0.339 e. The van der Waals surface area contributed by atoms with Crippen LogP contribution >= 0.6 is 0 Å². The standard InChI is InChI=1S/C26H27FN2O6S/c1-4-34-25(30)20-7-11-22(12-8-20)28-26(31)29(18(2)3)17-19-5-13-23(14-6-19)35-36(32,33)24-15-9-21(27)10-16-24/h5-16,18H,4,17H2,1-3H3,(H,28,31). The number of carbonyl (C=O) groups is 2. The van der Waals surface area contributed by atoms with Crippen molar-refractivity contribution in [1.29, 1.82) is 0 Å². The van der Waals surface area contributed by atoms with Crippen molar-refractivity contribution in [2.24, 2.45) is 0 Å². The van der Waals surface area contributed by atoms with Gasteiger partial charge in [0.25, 0.3) is 0 Å². The van der Waals surface area contributed by atoms with Crippen LogP contribution in [0.15, 0.2) is 77.7 Å². The van der Waals surface area contributed by atoms with Crippen LogP contribution < -0.4 is 9.50 Å². The molecule has 8 nitrogen and oxygen atoms in total. The maximum absolute atomic E-state index is 13.1. The average Bonchev–Trinajstić information content (AvgIpc) is 2.84. The van der Waals surface area contributed by atoms with E-state index < -0.39 is 21.9 Å². The van der Waals surface area contributed by atoms with Crippen molar-refractivity contribution in [1.82, 2.24) is 4.90 Å². The van der Waals surface area contributed by atoms with E-state index >= 15 is 0 Å². The second kappa shape index (κ2) is 11.7. The SMILES string of the molecule is CCOC(=O)c1ccc(NC(=O)N(Cc2ccc(OS(=O)(=O)c3ccc(F)cc3)cc2)C(C)C)cc1. The molecule has 0 saturated carbocycles. The lowest BCUT2D eigenvalue weighted by Gasteiger charge is -2.27. The molecule has 3 rings (SSSR count). The van der Waals surface area contributed by atoms with Gasteiger partial charge in [0, 0.05) is 18.3 Å². The fourth-order valence-corrected chi connectivity index (χ4v) is 4.14. The summed E-state index contributed by atoms with van der Waals surface area (Å²) in [6.07, 6.45) is 0. The van der Waals surface area contributed by atoms with E-state index in [1.165, 1.54) is 12.1 Å². The molecule has 0 aromatic heterocycles. The Morgan fingerprint density at radius 1 is 0.944 bits per heavy atom. The maximum atomic E-state index is 13.1. The van der Waals surface area contributed by atoms with E-state index in [4.69, 9.17) is 8.92 Å². The Morgan fingerprint density at radius 3 is 2.11 bits per heavy atom. The number of rotatable bonds is 9. The molecule has 0 atom stereocenters. The number of hydrogen-bond donors (Lipinski definition) is 1. The molecule has 190 valence electrons. The Balaban J connectivity index is 1.65. The number of nitrogens with one attached hydrogen (secondary N) is 1. The van der Waals surface area contributed by atoms with Crippen LogP contribution in [-0.2, 0) is 21.4 Å². The highest BCUT2D eigenvalue weighted by Gasteiger charge is 2.19. The van der Waals surface area contributed by atoms with Gasteiger partial charge in [-0.3, -0.25) is 0 Å². The Labute approximate surface area is 209 Å². The number of ether oxygens (including phenoxy) is 1. The summed E-state index contributed by atoms with van der Waals surface area (Å²) in [5, 5.41) is 2.81. The van der Waals surface area contributed by atoms with Gasteiger partial charge in [-0.25, -0.2) is 14.0 Å². The number of amides is 2. The molecule has 2 amide bonds. The fourth-order valence-electron chi connectivity index (χ4n) is 3.21. The third-order valence-corrected chi connectivity index (χ3v) is 6.38. The molecular formula is C26H27FN2O6S. The average molecular weight is 515 g/mol. The first-order valence-corrected chi connectivity index (χ1v) is 12.6. The minimum absolute atomic E-state index is 0.0883. The predicted molar refractivity (Wildman–Crippen MR) is 133 cm³/mol. The Kier molecular flexibility index (Phi) is 8.65. The number of nitrogens with zero attached hydrogens (tertiary/aromatic N) is 1. The zero-order valence-corrected chi connectivity index (χ0v) is 20.9. The van der Waals surface area contributed by atoms with E-state index in [9.17, 15) is 22.4 Å².